The van der Waals surface area contributed by atoms with Crippen molar-refractivity contribution in [3.05, 3.63) is 41.4 Å². The van der Waals surface area contributed by atoms with Gasteiger partial charge in [-0.3, -0.25) is 9.36 Å². The number of ether oxygens (including phenoxy) is 1. The Bertz CT molecular complexity index is 769. The lowest BCUT2D eigenvalue weighted by Crippen LogP contribution is -2.29. The molecule has 0 aliphatic carbocycles. The number of aryl methyl sites for hydroxylation is 1. The number of rotatable bonds is 8. The number of nitrogens with zero attached hydrogens (tertiary/aromatic N) is 2. The quantitative estimate of drug-likeness (QED) is 0.587. The van der Waals surface area contributed by atoms with Crippen molar-refractivity contribution < 1.29 is 18.7 Å². The lowest BCUT2D eigenvalue weighted by Gasteiger charge is -2.06. The van der Waals surface area contributed by atoms with Gasteiger partial charge in [-0.25, -0.2) is 4.79 Å². The molecular formula is C18H21N3O4. The molecule has 2 rings (SSSR count). The van der Waals surface area contributed by atoms with Gasteiger partial charge < -0.3 is 14.5 Å². The van der Waals surface area contributed by atoms with Crippen LogP contribution in [0.25, 0.3) is 5.88 Å². The number of hydrogen-bond acceptors (Lipinski definition) is 5. The molecule has 2 aromatic rings. The maximum Gasteiger partial charge on any atom is 0.343 e. The van der Waals surface area contributed by atoms with Gasteiger partial charge in [0.25, 0.3) is 5.91 Å². The van der Waals surface area contributed by atoms with Crippen LogP contribution in [0, 0.1) is 18.3 Å². The molecule has 0 atom stereocenters. The van der Waals surface area contributed by atoms with E-state index in [4.69, 9.17) is 9.15 Å². The topological polar surface area (TPSA) is 97.3 Å². The first-order valence-corrected chi connectivity index (χ1v) is 8.19. The molecule has 132 valence electrons. The molecule has 2 aromatic heterocycles. The monoisotopic (exact) mass is 343 g/mol. The molecule has 0 aliphatic heterocycles. The van der Waals surface area contributed by atoms with Gasteiger partial charge in [-0.2, -0.15) is 5.26 Å². The van der Waals surface area contributed by atoms with Crippen LogP contribution >= 0.6 is 0 Å². The number of unbranched alkanes of at least 4 members (excludes halogenated alkanes) is 2. The molecule has 7 heteroatoms. The lowest BCUT2D eigenvalue weighted by atomic mass is 10.1. The zero-order valence-electron chi connectivity index (χ0n) is 14.4. The van der Waals surface area contributed by atoms with E-state index >= 15 is 0 Å². The molecular weight excluding hydrogens is 322 g/mol. The summed E-state index contributed by atoms with van der Waals surface area (Å²) in [6, 6.07) is 5.53. The molecule has 0 unspecified atom stereocenters. The van der Waals surface area contributed by atoms with Crippen molar-refractivity contribution in [2.75, 3.05) is 13.2 Å². The van der Waals surface area contributed by atoms with Crippen LogP contribution in [0.5, 0.6) is 0 Å². The third-order valence-electron chi connectivity index (χ3n) is 3.66. The summed E-state index contributed by atoms with van der Waals surface area (Å²) in [5.74, 6) is -0.593. The third kappa shape index (κ3) is 4.51. The maximum absolute atomic E-state index is 12.3. The highest BCUT2D eigenvalue weighted by Crippen LogP contribution is 2.26. The summed E-state index contributed by atoms with van der Waals surface area (Å²) in [5, 5.41) is 12.1. The maximum atomic E-state index is 12.3. The fourth-order valence-electron chi connectivity index (χ4n) is 2.39. The van der Waals surface area contributed by atoms with Gasteiger partial charge in [-0.05, 0) is 25.5 Å². The molecule has 0 saturated heterocycles. The number of furan rings is 1. The summed E-state index contributed by atoms with van der Waals surface area (Å²) in [6.07, 6.45) is 6.39. The number of nitrogens with one attached hydrogen (secondary N) is 1. The molecule has 0 aliphatic rings. The van der Waals surface area contributed by atoms with Crippen LogP contribution in [0.3, 0.4) is 0 Å². The van der Waals surface area contributed by atoms with E-state index in [9.17, 15) is 14.9 Å². The molecule has 0 fully saturated rings. The summed E-state index contributed by atoms with van der Waals surface area (Å²) in [6.45, 7) is 3.82. The Hall–Kier alpha value is -3.01. The Kier molecular flexibility index (Phi) is 6.40. The Morgan fingerprint density at radius 3 is 2.68 bits per heavy atom. The largest absolute Gasteiger partial charge is 0.452 e. The van der Waals surface area contributed by atoms with Crippen LogP contribution in [0.4, 0.5) is 0 Å². The predicted octanol–water partition coefficient (Wildman–Crippen LogP) is 2.71. The number of amides is 1. The molecule has 0 spiro atoms. The zero-order valence-corrected chi connectivity index (χ0v) is 14.4. The van der Waals surface area contributed by atoms with Crippen molar-refractivity contribution in [3.63, 3.8) is 0 Å². The lowest BCUT2D eigenvalue weighted by molar-refractivity contribution is -0.124. The van der Waals surface area contributed by atoms with Gasteiger partial charge in [0, 0.05) is 18.9 Å². The predicted molar refractivity (Wildman–Crippen MR) is 90.3 cm³/mol. The second-order valence-corrected chi connectivity index (χ2v) is 5.55. The SMILES string of the molecule is CCCCCNC(=O)COC(=O)c1c(C)oc(-n2cccc2)c1C#N. The average Bonchev–Trinajstić information content (AvgIpc) is 3.23. The van der Waals surface area contributed by atoms with Gasteiger partial charge in [-0.15, -0.1) is 0 Å². The van der Waals surface area contributed by atoms with Crippen molar-refractivity contribution in [3.8, 4) is 12.0 Å². The number of esters is 1. The Morgan fingerprint density at radius 2 is 2.04 bits per heavy atom. The number of carbonyl (C=O) groups is 2. The van der Waals surface area contributed by atoms with Crippen LogP contribution in [0.2, 0.25) is 0 Å². The minimum Gasteiger partial charge on any atom is -0.452 e. The van der Waals surface area contributed by atoms with Crippen LogP contribution < -0.4 is 5.32 Å². The van der Waals surface area contributed by atoms with Crippen molar-refractivity contribution in [1.29, 1.82) is 5.26 Å². The standard InChI is InChI=1S/C18H21N3O4/c1-3-4-5-8-20-15(22)12-24-18(23)16-13(2)25-17(14(16)11-19)21-9-6-7-10-21/h6-7,9-10H,3-5,8,12H2,1-2H3,(H,20,22). The first kappa shape index (κ1) is 18.3. The normalized spacial score (nSPS) is 10.3. The first-order chi connectivity index (χ1) is 12.1. The van der Waals surface area contributed by atoms with E-state index in [0.29, 0.717) is 6.54 Å². The number of hydrogen-bond donors (Lipinski definition) is 1. The van der Waals surface area contributed by atoms with Gasteiger partial charge in [0.2, 0.25) is 5.88 Å². The van der Waals surface area contributed by atoms with Crippen LogP contribution in [-0.4, -0.2) is 29.6 Å². The Labute approximate surface area is 146 Å². The third-order valence-corrected chi connectivity index (χ3v) is 3.66. The fourth-order valence-corrected chi connectivity index (χ4v) is 2.39. The van der Waals surface area contributed by atoms with E-state index in [2.05, 4.69) is 12.2 Å². The Balaban J connectivity index is 2.03. The van der Waals surface area contributed by atoms with E-state index in [1.807, 2.05) is 6.07 Å². The molecule has 0 aromatic carbocycles. The second-order valence-electron chi connectivity index (χ2n) is 5.55. The molecule has 7 nitrogen and oxygen atoms in total. The van der Waals surface area contributed by atoms with Crippen molar-refractivity contribution >= 4 is 11.9 Å². The highest BCUT2D eigenvalue weighted by Gasteiger charge is 2.26. The zero-order chi connectivity index (χ0) is 18.2. The van der Waals surface area contributed by atoms with Crippen molar-refractivity contribution in [2.24, 2.45) is 0 Å². The number of carbonyl (C=O) groups excluding carboxylic acids is 2. The van der Waals surface area contributed by atoms with E-state index in [1.165, 1.54) is 0 Å². The van der Waals surface area contributed by atoms with Crippen LogP contribution in [-0.2, 0) is 9.53 Å². The van der Waals surface area contributed by atoms with Gasteiger partial charge in [-0.1, -0.05) is 19.8 Å². The summed E-state index contributed by atoms with van der Waals surface area (Å²) < 4.78 is 12.2. The first-order valence-electron chi connectivity index (χ1n) is 8.19. The smallest absolute Gasteiger partial charge is 0.343 e. The molecule has 1 amide bonds. The van der Waals surface area contributed by atoms with Gasteiger partial charge >= 0.3 is 5.97 Å². The highest BCUT2D eigenvalue weighted by molar-refractivity contribution is 5.95. The molecule has 25 heavy (non-hydrogen) atoms. The van der Waals surface area contributed by atoms with Gasteiger partial charge in [0.15, 0.2) is 6.61 Å². The average molecular weight is 343 g/mol. The fraction of sp³-hybridized carbons (Fsp3) is 0.389. The number of nitriles is 1. The van der Waals surface area contributed by atoms with E-state index in [1.54, 1.807) is 36.0 Å². The summed E-state index contributed by atoms with van der Waals surface area (Å²) in [7, 11) is 0. The number of aromatic nitrogens is 1. The highest BCUT2D eigenvalue weighted by atomic mass is 16.5. The summed E-state index contributed by atoms with van der Waals surface area (Å²) in [4.78, 5) is 24.0. The second kappa shape index (κ2) is 8.73. The summed E-state index contributed by atoms with van der Waals surface area (Å²) >= 11 is 0. The summed E-state index contributed by atoms with van der Waals surface area (Å²) in [5.41, 5.74) is 0.132. The molecule has 0 bridgehead atoms. The Morgan fingerprint density at radius 1 is 1.32 bits per heavy atom. The van der Waals surface area contributed by atoms with Crippen LogP contribution in [0.1, 0.15) is 47.9 Å². The van der Waals surface area contributed by atoms with Gasteiger partial charge in [0.1, 0.15) is 23.0 Å². The minimum absolute atomic E-state index is 0.0463. The van der Waals surface area contributed by atoms with E-state index in [-0.39, 0.29) is 35.3 Å². The van der Waals surface area contributed by atoms with E-state index in [0.717, 1.165) is 19.3 Å². The van der Waals surface area contributed by atoms with Gasteiger partial charge in [0.05, 0.1) is 0 Å². The van der Waals surface area contributed by atoms with E-state index < -0.39 is 5.97 Å². The minimum atomic E-state index is -0.750. The molecule has 0 radical (unpaired) electrons. The molecule has 0 saturated carbocycles. The van der Waals surface area contributed by atoms with Crippen molar-refractivity contribution in [2.45, 2.75) is 33.1 Å². The molecule has 1 N–H and O–H groups in total. The molecule has 2 heterocycles. The van der Waals surface area contributed by atoms with Crippen molar-refractivity contribution in [1.82, 2.24) is 9.88 Å². The van der Waals surface area contributed by atoms with Crippen LogP contribution in [0.15, 0.2) is 28.9 Å².